The van der Waals surface area contributed by atoms with Crippen LogP contribution >= 0.6 is 34.8 Å². The molecule has 8 heteroatoms. The number of hydrogen-bond donors (Lipinski definition) is 2. The van der Waals surface area contributed by atoms with Crippen LogP contribution in [0, 0.1) is 0 Å². The van der Waals surface area contributed by atoms with Gasteiger partial charge in [0.2, 0.25) is 0 Å². The first-order valence-electron chi connectivity index (χ1n) is 7.71. The molecular weight excluding hydrogens is 397 g/mol. The molecule has 2 aromatic carbocycles. The predicted molar refractivity (Wildman–Crippen MR) is 106 cm³/mol. The molecule has 2 rings (SSSR count). The van der Waals surface area contributed by atoms with E-state index in [1.165, 1.54) is 17.1 Å². The van der Waals surface area contributed by atoms with Gasteiger partial charge >= 0.3 is 6.03 Å². The number of halogens is 3. The Hall–Kier alpha value is -1.95. The topological polar surface area (TPSA) is 61.4 Å². The quantitative estimate of drug-likeness (QED) is 0.494. The van der Waals surface area contributed by atoms with E-state index in [-0.39, 0.29) is 21.0 Å². The van der Waals surface area contributed by atoms with Gasteiger partial charge in [-0.15, -0.1) is 0 Å². The number of urea groups is 1. The molecule has 0 heterocycles. The normalized spacial score (nSPS) is 11.0. The van der Waals surface area contributed by atoms with Crippen LogP contribution in [0.3, 0.4) is 0 Å². The highest BCUT2D eigenvalue weighted by atomic mass is 35.5. The molecule has 0 bridgehead atoms. The monoisotopic (exact) mass is 413 g/mol. The standard InChI is InChI=1S/C18H18Cl3N3O2/c1-18(2,3)24(16(25)11-7-5-4-6-8-11)23-17(26)22-12-9-13(19)15(21)14(20)10-12/h4-10H,1-3H3,(H2,22,23,26). The number of hydrazine groups is 1. The molecule has 2 aromatic rings. The number of benzene rings is 2. The third-order valence-corrected chi connectivity index (χ3v) is 4.55. The highest BCUT2D eigenvalue weighted by Gasteiger charge is 2.29. The maximum Gasteiger partial charge on any atom is 0.338 e. The van der Waals surface area contributed by atoms with E-state index in [0.29, 0.717) is 11.3 Å². The third-order valence-electron chi connectivity index (χ3n) is 3.35. The zero-order chi connectivity index (χ0) is 19.5. The summed E-state index contributed by atoms with van der Waals surface area (Å²) in [5.74, 6) is -0.333. The van der Waals surface area contributed by atoms with Crippen molar-refractivity contribution >= 4 is 52.4 Å². The third kappa shape index (κ3) is 5.04. The zero-order valence-corrected chi connectivity index (χ0v) is 16.7. The minimum absolute atomic E-state index is 0.204. The number of amides is 3. The van der Waals surface area contributed by atoms with Crippen molar-refractivity contribution in [3.8, 4) is 0 Å². The Morgan fingerprint density at radius 1 is 0.962 bits per heavy atom. The lowest BCUT2D eigenvalue weighted by molar-refractivity contribution is 0.0460. The minimum atomic E-state index is -0.653. The summed E-state index contributed by atoms with van der Waals surface area (Å²) < 4.78 is 0. The number of anilines is 1. The van der Waals surface area contributed by atoms with Crippen molar-refractivity contribution in [3.63, 3.8) is 0 Å². The number of nitrogens with one attached hydrogen (secondary N) is 2. The van der Waals surface area contributed by atoms with Crippen LogP contribution in [-0.4, -0.2) is 22.5 Å². The first-order chi connectivity index (χ1) is 12.1. The van der Waals surface area contributed by atoms with Crippen molar-refractivity contribution in [1.82, 2.24) is 10.4 Å². The molecule has 0 radical (unpaired) electrons. The highest BCUT2D eigenvalue weighted by molar-refractivity contribution is 6.48. The first-order valence-corrected chi connectivity index (χ1v) is 8.85. The molecule has 26 heavy (non-hydrogen) atoms. The van der Waals surface area contributed by atoms with E-state index in [0.717, 1.165) is 0 Å². The Labute approximate surface area is 167 Å². The van der Waals surface area contributed by atoms with Crippen LogP contribution in [0.2, 0.25) is 15.1 Å². The SMILES string of the molecule is CC(C)(C)N(NC(=O)Nc1cc(Cl)c(Cl)c(Cl)c1)C(=O)c1ccccc1. The Bertz CT molecular complexity index is 797. The Kier molecular flexibility index (Phi) is 6.39. The Morgan fingerprint density at radius 3 is 2.00 bits per heavy atom. The summed E-state index contributed by atoms with van der Waals surface area (Å²) in [4.78, 5) is 25.1. The number of rotatable bonds is 2. The maximum absolute atomic E-state index is 12.8. The van der Waals surface area contributed by atoms with Crippen molar-refractivity contribution < 1.29 is 9.59 Å². The summed E-state index contributed by atoms with van der Waals surface area (Å²) in [5.41, 5.74) is 2.73. The fourth-order valence-electron chi connectivity index (χ4n) is 2.12. The zero-order valence-electron chi connectivity index (χ0n) is 14.4. The van der Waals surface area contributed by atoms with E-state index in [4.69, 9.17) is 34.8 Å². The van der Waals surface area contributed by atoms with Gasteiger partial charge in [-0.05, 0) is 45.0 Å². The predicted octanol–water partition coefficient (Wildman–Crippen LogP) is 5.62. The number of carbonyl (C=O) groups is 2. The molecule has 0 saturated carbocycles. The molecule has 5 nitrogen and oxygen atoms in total. The largest absolute Gasteiger partial charge is 0.338 e. The molecule has 0 aliphatic carbocycles. The second kappa shape index (κ2) is 8.16. The average Bonchev–Trinajstić information content (AvgIpc) is 2.56. The van der Waals surface area contributed by atoms with Crippen LogP contribution in [-0.2, 0) is 0 Å². The Balaban J connectivity index is 2.18. The van der Waals surface area contributed by atoms with Crippen molar-refractivity contribution in [3.05, 3.63) is 63.1 Å². The summed E-state index contributed by atoms with van der Waals surface area (Å²) in [6, 6.07) is 11.0. The maximum atomic E-state index is 12.8. The van der Waals surface area contributed by atoms with Gasteiger partial charge in [0.05, 0.1) is 20.6 Å². The minimum Gasteiger partial charge on any atom is -0.306 e. The van der Waals surface area contributed by atoms with Gasteiger partial charge in [-0.25, -0.2) is 15.2 Å². The fourth-order valence-corrected chi connectivity index (χ4v) is 2.72. The number of nitrogens with zero attached hydrogens (tertiary/aromatic N) is 1. The van der Waals surface area contributed by atoms with Gasteiger partial charge < -0.3 is 5.32 Å². The summed E-state index contributed by atoms with van der Waals surface area (Å²) in [6.07, 6.45) is 0. The van der Waals surface area contributed by atoms with E-state index >= 15 is 0 Å². The van der Waals surface area contributed by atoms with Gasteiger partial charge in [0, 0.05) is 11.3 Å². The van der Waals surface area contributed by atoms with Crippen LogP contribution < -0.4 is 10.7 Å². The van der Waals surface area contributed by atoms with E-state index < -0.39 is 11.6 Å². The molecule has 0 spiro atoms. The molecule has 0 aliphatic heterocycles. The van der Waals surface area contributed by atoms with Crippen LogP contribution in [0.25, 0.3) is 0 Å². The highest BCUT2D eigenvalue weighted by Crippen LogP contribution is 2.33. The number of hydrogen-bond acceptors (Lipinski definition) is 2. The summed E-state index contributed by atoms with van der Waals surface area (Å²) in [6.45, 7) is 5.43. The fraction of sp³-hybridized carbons (Fsp3) is 0.222. The van der Waals surface area contributed by atoms with Gasteiger partial charge in [0.1, 0.15) is 0 Å². The molecule has 0 atom stereocenters. The summed E-state index contributed by atoms with van der Waals surface area (Å²) >= 11 is 17.8. The number of carbonyl (C=O) groups excluding carboxylic acids is 2. The molecule has 3 amide bonds. The van der Waals surface area contributed by atoms with Crippen LogP contribution in [0.1, 0.15) is 31.1 Å². The van der Waals surface area contributed by atoms with Gasteiger partial charge in [-0.2, -0.15) is 0 Å². The van der Waals surface area contributed by atoms with E-state index in [1.807, 2.05) is 26.8 Å². The van der Waals surface area contributed by atoms with Crippen LogP contribution in [0.4, 0.5) is 10.5 Å². The molecule has 0 fully saturated rings. The molecule has 138 valence electrons. The van der Waals surface area contributed by atoms with Gasteiger partial charge in [0.25, 0.3) is 5.91 Å². The van der Waals surface area contributed by atoms with Gasteiger partial charge in [-0.3, -0.25) is 4.79 Å². The molecular formula is C18H18Cl3N3O2. The van der Waals surface area contributed by atoms with Crippen molar-refractivity contribution in [2.45, 2.75) is 26.3 Å². The molecule has 0 aliphatic rings. The van der Waals surface area contributed by atoms with E-state index in [2.05, 4.69) is 10.7 Å². The molecule has 2 N–H and O–H groups in total. The van der Waals surface area contributed by atoms with Crippen molar-refractivity contribution in [2.75, 3.05) is 5.32 Å². The second-order valence-electron chi connectivity index (χ2n) is 6.50. The summed E-state index contributed by atoms with van der Waals surface area (Å²) in [7, 11) is 0. The molecule has 0 unspecified atom stereocenters. The van der Waals surface area contributed by atoms with Crippen LogP contribution in [0.5, 0.6) is 0 Å². The van der Waals surface area contributed by atoms with Crippen molar-refractivity contribution in [2.24, 2.45) is 0 Å². The average molecular weight is 415 g/mol. The molecule has 0 aromatic heterocycles. The van der Waals surface area contributed by atoms with Gasteiger partial charge in [0.15, 0.2) is 0 Å². The first kappa shape index (κ1) is 20.4. The Morgan fingerprint density at radius 2 is 1.50 bits per heavy atom. The van der Waals surface area contributed by atoms with E-state index in [1.54, 1.807) is 24.3 Å². The lowest BCUT2D eigenvalue weighted by Gasteiger charge is -2.35. The molecule has 0 saturated heterocycles. The smallest absolute Gasteiger partial charge is 0.306 e. The van der Waals surface area contributed by atoms with Gasteiger partial charge in [-0.1, -0.05) is 53.0 Å². The van der Waals surface area contributed by atoms with Crippen LogP contribution in [0.15, 0.2) is 42.5 Å². The lowest BCUT2D eigenvalue weighted by Crippen LogP contribution is -2.56. The second-order valence-corrected chi connectivity index (χ2v) is 7.69. The van der Waals surface area contributed by atoms with Crippen molar-refractivity contribution in [1.29, 1.82) is 0 Å². The summed E-state index contributed by atoms with van der Waals surface area (Å²) in [5, 5.41) is 4.47. The lowest BCUT2D eigenvalue weighted by atomic mass is 10.1. The van der Waals surface area contributed by atoms with E-state index in [9.17, 15) is 9.59 Å².